The van der Waals surface area contributed by atoms with E-state index in [1.807, 2.05) is 6.92 Å². The number of benzene rings is 1. The van der Waals surface area contributed by atoms with E-state index in [4.69, 9.17) is 5.73 Å². The molecular weight excluding hydrogens is 273 g/mol. The van der Waals surface area contributed by atoms with Crippen LogP contribution in [0.3, 0.4) is 0 Å². The third kappa shape index (κ3) is 6.35. The predicted molar refractivity (Wildman–Crippen MR) is 79.2 cm³/mol. The number of carbonyl (C=O) groups excluding carboxylic acids is 2. The summed E-state index contributed by atoms with van der Waals surface area (Å²) in [5, 5.41) is 5.38. The second kappa shape index (κ2) is 9.07. The van der Waals surface area contributed by atoms with Gasteiger partial charge in [-0.3, -0.25) is 9.59 Å². The Kier molecular flexibility index (Phi) is 7.39. The first-order valence-electron chi connectivity index (χ1n) is 7.11. The Bertz CT molecular complexity index is 480. The third-order valence-electron chi connectivity index (χ3n) is 2.96. The van der Waals surface area contributed by atoms with Crippen LogP contribution in [0, 0.1) is 5.82 Å². The van der Waals surface area contributed by atoms with Crippen molar-refractivity contribution in [3.63, 3.8) is 0 Å². The van der Waals surface area contributed by atoms with Gasteiger partial charge in [0.1, 0.15) is 5.82 Å². The van der Waals surface area contributed by atoms with Crippen molar-refractivity contribution in [1.82, 2.24) is 10.6 Å². The zero-order valence-corrected chi connectivity index (χ0v) is 12.2. The van der Waals surface area contributed by atoms with E-state index in [1.165, 1.54) is 18.2 Å². The van der Waals surface area contributed by atoms with Gasteiger partial charge < -0.3 is 16.4 Å². The third-order valence-corrected chi connectivity index (χ3v) is 2.96. The molecule has 1 unspecified atom stereocenters. The molecule has 2 amide bonds. The summed E-state index contributed by atoms with van der Waals surface area (Å²) >= 11 is 0. The lowest BCUT2D eigenvalue weighted by atomic mass is 10.1. The number of nitrogens with two attached hydrogens (primary N) is 1. The van der Waals surface area contributed by atoms with Crippen LogP contribution in [0.4, 0.5) is 4.39 Å². The Balaban J connectivity index is 2.20. The number of amides is 2. The highest BCUT2D eigenvalue weighted by Gasteiger charge is 2.11. The summed E-state index contributed by atoms with van der Waals surface area (Å²) in [7, 11) is 0. The molecule has 0 heterocycles. The van der Waals surface area contributed by atoms with Crippen LogP contribution in [0.25, 0.3) is 0 Å². The molecule has 0 saturated heterocycles. The van der Waals surface area contributed by atoms with Gasteiger partial charge in [-0.1, -0.05) is 19.4 Å². The van der Waals surface area contributed by atoms with E-state index in [1.54, 1.807) is 6.07 Å². The first kappa shape index (κ1) is 17.1. The van der Waals surface area contributed by atoms with Crippen LogP contribution in [-0.4, -0.2) is 30.9 Å². The van der Waals surface area contributed by atoms with Gasteiger partial charge >= 0.3 is 0 Å². The average Bonchev–Trinajstić information content (AvgIpc) is 2.46. The number of hydrogen-bond acceptors (Lipinski definition) is 3. The van der Waals surface area contributed by atoms with Crippen molar-refractivity contribution in [3.05, 3.63) is 35.6 Å². The van der Waals surface area contributed by atoms with Gasteiger partial charge in [-0.2, -0.15) is 0 Å². The Morgan fingerprint density at radius 3 is 2.67 bits per heavy atom. The van der Waals surface area contributed by atoms with Gasteiger partial charge in [-0.05, 0) is 31.0 Å². The number of hydrogen-bond donors (Lipinski definition) is 3. The summed E-state index contributed by atoms with van der Waals surface area (Å²) in [5.41, 5.74) is 5.95. The van der Waals surface area contributed by atoms with Crippen LogP contribution in [0.5, 0.6) is 0 Å². The molecule has 1 aromatic rings. The van der Waals surface area contributed by atoms with E-state index >= 15 is 0 Å². The molecule has 5 nitrogen and oxygen atoms in total. The van der Waals surface area contributed by atoms with E-state index < -0.39 is 11.9 Å². The standard InChI is InChI=1S/C15H22FN3O2/c1-2-5-13(17)15(21)19-9-4-8-18-14(20)11-6-3-7-12(16)10-11/h3,6-7,10,13H,2,4-5,8-9,17H2,1H3,(H,18,20)(H,19,21). The summed E-state index contributed by atoms with van der Waals surface area (Å²) < 4.78 is 13.0. The molecule has 0 aromatic heterocycles. The maximum Gasteiger partial charge on any atom is 0.251 e. The summed E-state index contributed by atoms with van der Waals surface area (Å²) in [6.45, 7) is 2.81. The predicted octanol–water partition coefficient (Wildman–Crippen LogP) is 1.19. The molecule has 0 radical (unpaired) electrons. The minimum Gasteiger partial charge on any atom is -0.355 e. The fourth-order valence-electron chi connectivity index (χ4n) is 1.81. The number of rotatable bonds is 8. The van der Waals surface area contributed by atoms with Crippen molar-refractivity contribution >= 4 is 11.8 Å². The largest absolute Gasteiger partial charge is 0.355 e. The zero-order chi connectivity index (χ0) is 15.7. The molecule has 0 bridgehead atoms. The molecule has 1 atom stereocenters. The van der Waals surface area contributed by atoms with Gasteiger partial charge in [0, 0.05) is 18.7 Å². The van der Waals surface area contributed by atoms with Gasteiger partial charge in [0.05, 0.1) is 6.04 Å². The lowest BCUT2D eigenvalue weighted by molar-refractivity contribution is -0.122. The van der Waals surface area contributed by atoms with Crippen LogP contribution in [0.1, 0.15) is 36.5 Å². The van der Waals surface area contributed by atoms with Gasteiger partial charge in [-0.15, -0.1) is 0 Å². The molecule has 6 heteroatoms. The summed E-state index contributed by atoms with van der Waals surface area (Å²) in [5.74, 6) is -0.948. The van der Waals surface area contributed by atoms with Crippen molar-refractivity contribution in [2.24, 2.45) is 5.73 Å². The zero-order valence-electron chi connectivity index (χ0n) is 12.2. The average molecular weight is 295 g/mol. The highest BCUT2D eigenvalue weighted by Crippen LogP contribution is 2.02. The second-order valence-corrected chi connectivity index (χ2v) is 4.81. The van der Waals surface area contributed by atoms with Crippen molar-refractivity contribution in [3.8, 4) is 0 Å². The summed E-state index contributed by atoms with van der Waals surface area (Å²) in [6, 6.07) is 5.02. The Morgan fingerprint density at radius 1 is 1.29 bits per heavy atom. The monoisotopic (exact) mass is 295 g/mol. The van der Waals surface area contributed by atoms with Crippen LogP contribution in [0.2, 0.25) is 0 Å². The highest BCUT2D eigenvalue weighted by atomic mass is 19.1. The Labute approximate surface area is 124 Å². The quantitative estimate of drug-likeness (QED) is 0.630. The molecule has 0 saturated carbocycles. The minimum absolute atomic E-state index is 0.173. The first-order chi connectivity index (χ1) is 10.0. The van der Waals surface area contributed by atoms with Crippen LogP contribution >= 0.6 is 0 Å². The maximum absolute atomic E-state index is 13.0. The fourth-order valence-corrected chi connectivity index (χ4v) is 1.81. The summed E-state index contributed by atoms with van der Waals surface area (Å²) in [4.78, 5) is 23.2. The molecule has 0 aliphatic carbocycles. The van der Waals surface area contributed by atoms with Crippen molar-refractivity contribution in [1.29, 1.82) is 0 Å². The van der Waals surface area contributed by atoms with Crippen molar-refractivity contribution in [2.45, 2.75) is 32.2 Å². The molecule has 0 fully saturated rings. The van der Waals surface area contributed by atoms with E-state index in [-0.39, 0.29) is 17.4 Å². The minimum atomic E-state index is -0.475. The van der Waals surface area contributed by atoms with E-state index in [0.29, 0.717) is 25.9 Å². The molecule has 4 N–H and O–H groups in total. The van der Waals surface area contributed by atoms with E-state index in [2.05, 4.69) is 10.6 Å². The Hall–Kier alpha value is -1.95. The fraction of sp³-hybridized carbons (Fsp3) is 0.467. The Morgan fingerprint density at radius 2 is 2.00 bits per heavy atom. The van der Waals surface area contributed by atoms with Gasteiger partial charge in [0.25, 0.3) is 5.91 Å². The molecule has 21 heavy (non-hydrogen) atoms. The smallest absolute Gasteiger partial charge is 0.251 e. The van der Waals surface area contributed by atoms with E-state index in [9.17, 15) is 14.0 Å². The van der Waals surface area contributed by atoms with Crippen LogP contribution in [0.15, 0.2) is 24.3 Å². The molecule has 1 aromatic carbocycles. The second-order valence-electron chi connectivity index (χ2n) is 4.81. The molecule has 1 rings (SSSR count). The topological polar surface area (TPSA) is 84.2 Å². The molecule has 0 aliphatic heterocycles. The van der Waals surface area contributed by atoms with Crippen molar-refractivity contribution in [2.75, 3.05) is 13.1 Å². The first-order valence-corrected chi connectivity index (χ1v) is 7.11. The maximum atomic E-state index is 13.0. The number of nitrogens with one attached hydrogen (secondary N) is 2. The number of halogens is 1. The summed E-state index contributed by atoms with van der Waals surface area (Å²) in [6.07, 6.45) is 2.10. The van der Waals surface area contributed by atoms with E-state index in [0.717, 1.165) is 6.42 Å². The SMILES string of the molecule is CCCC(N)C(=O)NCCCNC(=O)c1cccc(F)c1. The molecule has 0 spiro atoms. The highest BCUT2D eigenvalue weighted by molar-refractivity contribution is 5.94. The molecular formula is C15H22FN3O2. The van der Waals surface area contributed by atoms with Gasteiger partial charge in [-0.25, -0.2) is 4.39 Å². The lowest BCUT2D eigenvalue weighted by Gasteiger charge is -2.11. The van der Waals surface area contributed by atoms with Crippen LogP contribution < -0.4 is 16.4 Å². The number of carbonyl (C=O) groups is 2. The molecule has 0 aliphatic rings. The lowest BCUT2D eigenvalue weighted by Crippen LogP contribution is -2.41. The normalized spacial score (nSPS) is 11.8. The van der Waals surface area contributed by atoms with Gasteiger partial charge in [0.2, 0.25) is 5.91 Å². The van der Waals surface area contributed by atoms with Crippen molar-refractivity contribution < 1.29 is 14.0 Å². The van der Waals surface area contributed by atoms with Gasteiger partial charge in [0.15, 0.2) is 0 Å². The van der Waals surface area contributed by atoms with Crippen LogP contribution in [-0.2, 0) is 4.79 Å². The molecule has 116 valence electrons.